The van der Waals surface area contributed by atoms with E-state index in [2.05, 4.69) is 11.9 Å². The molecule has 0 amide bonds. The lowest BCUT2D eigenvalue weighted by Crippen LogP contribution is -1.91. The lowest BCUT2D eigenvalue weighted by Gasteiger charge is -1.86. The van der Waals surface area contributed by atoms with Gasteiger partial charge >= 0.3 is 0 Å². The molecule has 2 rings (SSSR count). The normalized spacial score (nSPS) is 11.3. The van der Waals surface area contributed by atoms with Crippen LogP contribution < -0.4 is 0 Å². The highest BCUT2D eigenvalue weighted by Crippen LogP contribution is 2.21. The van der Waals surface area contributed by atoms with Gasteiger partial charge < -0.3 is 0 Å². The molecular weight excluding hydrogens is 218 g/mol. The van der Waals surface area contributed by atoms with Crippen LogP contribution in [-0.2, 0) is 0 Å². The van der Waals surface area contributed by atoms with E-state index in [1.165, 1.54) is 11.3 Å². The fourth-order valence-electron chi connectivity index (χ4n) is 1.41. The Balaban J connectivity index is 2.23. The number of fused-ring (bicyclic) bond motifs is 1. The second-order valence-corrected chi connectivity index (χ2v) is 4.57. The molecule has 0 N–H and O–H groups in total. The molecule has 1 heterocycles. The van der Waals surface area contributed by atoms with E-state index < -0.39 is 0 Å². The first-order valence-corrected chi connectivity index (χ1v) is 6.19. The molecule has 82 valence electrons. The zero-order valence-corrected chi connectivity index (χ0v) is 9.96. The smallest absolute Gasteiger partial charge is 0.214 e. The molecule has 0 atom stereocenters. The van der Waals surface area contributed by atoms with Gasteiger partial charge in [-0.1, -0.05) is 31.6 Å². The van der Waals surface area contributed by atoms with Crippen LogP contribution in [0.1, 0.15) is 29.6 Å². The van der Waals surface area contributed by atoms with Gasteiger partial charge in [-0.25, -0.2) is 4.98 Å². The van der Waals surface area contributed by atoms with E-state index in [1.54, 1.807) is 6.08 Å². The van der Waals surface area contributed by atoms with Crippen molar-refractivity contribution >= 4 is 27.3 Å². The molecule has 0 saturated carbocycles. The van der Waals surface area contributed by atoms with Crippen LogP contribution in [0, 0.1) is 0 Å². The molecule has 0 aliphatic heterocycles. The van der Waals surface area contributed by atoms with Crippen molar-refractivity contribution in [1.82, 2.24) is 4.98 Å². The molecule has 0 radical (unpaired) electrons. The van der Waals surface area contributed by atoms with Gasteiger partial charge in [0.1, 0.15) is 0 Å². The standard InChI is InChI=1S/C13H13NOS/c1-2-3-4-8-11(15)13-14-10-7-5-6-9-12(10)16-13/h4-9H,2-3H2,1H3. The van der Waals surface area contributed by atoms with Crippen LogP contribution in [0.3, 0.4) is 0 Å². The molecule has 16 heavy (non-hydrogen) atoms. The number of benzene rings is 1. The summed E-state index contributed by atoms with van der Waals surface area (Å²) in [5.41, 5.74) is 0.903. The number of hydrogen-bond donors (Lipinski definition) is 0. The quantitative estimate of drug-likeness (QED) is 0.591. The molecule has 0 spiro atoms. The number of para-hydroxylation sites is 1. The van der Waals surface area contributed by atoms with Crippen molar-refractivity contribution in [3.05, 3.63) is 41.4 Å². The third-order valence-corrected chi connectivity index (χ3v) is 3.28. The van der Waals surface area contributed by atoms with Crippen molar-refractivity contribution in [3.8, 4) is 0 Å². The summed E-state index contributed by atoms with van der Waals surface area (Å²) < 4.78 is 1.06. The average molecular weight is 231 g/mol. The Morgan fingerprint density at radius 1 is 1.44 bits per heavy atom. The number of carbonyl (C=O) groups is 1. The third-order valence-electron chi connectivity index (χ3n) is 2.23. The first-order valence-electron chi connectivity index (χ1n) is 5.37. The molecule has 3 heteroatoms. The lowest BCUT2D eigenvalue weighted by molar-refractivity contribution is 0.104. The maximum absolute atomic E-state index is 11.8. The Morgan fingerprint density at radius 2 is 2.25 bits per heavy atom. The molecule has 2 aromatic rings. The summed E-state index contributed by atoms with van der Waals surface area (Å²) in [6.45, 7) is 2.09. The van der Waals surface area contributed by atoms with Crippen LogP contribution in [0.2, 0.25) is 0 Å². The van der Waals surface area contributed by atoms with Crippen molar-refractivity contribution in [2.24, 2.45) is 0 Å². The highest BCUT2D eigenvalue weighted by Gasteiger charge is 2.08. The number of ketones is 1. The molecule has 1 aromatic heterocycles. The van der Waals surface area contributed by atoms with Crippen molar-refractivity contribution in [3.63, 3.8) is 0 Å². The van der Waals surface area contributed by atoms with Gasteiger partial charge in [-0.2, -0.15) is 0 Å². The average Bonchev–Trinajstić information content (AvgIpc) is 2.73. The fourth-order valence-corrected chi connectivity index (χ4v) is 2.29. The van der Waals surface area contributed by atoms with Crippen molar-refractivity contribution < 1.29 is 4.79 Å². The van der Waals surface area contributed by atoms with Crippen LogP contribution in [0.15, 0.2) is 36.4 Å². The Hall–Kier alpha value is -1.48. The van der Waals surface area contributed by atoms with Gasteiger partial charge in [0.05, 0.1) is 10.2 Å². The molecular formula is C13H13NOS. The minimum absolute atomic E-state index is 0.00894. The van der Waals surface area contributed by atoms with Gasteiger partial charge in [0.15, 0.2) is 5.01 Å². The molecule has 0 saturated heterocycles. The Bertz CT molecular complexity index is 494. The molecule has 0 bridgehead atoms. The number of unbranched alkanes of at least 4 members (excludes halogenated alkanes) is 1. The fraction of sp³-hybridized carbons (Fsp3) is 0.231. The molecule has 0 aliphatic rings. The highest BCUT2D eigenvalue weighted by atomic mass is 32.1. The van der Waals surface area contributed by atoms with Gasteiger partial charge in [0, 0.05) is 0 Å². The Morgan fingerprint density at radius 3 is 3.00 bits per heavy atom. The van der Waals surface area contributed by atoms with Gasteiger partial charge in [-0.3, -0.25) is 4.79 Å². The van der Waals surface area contributed by atoms with Gasteiger partial charge in [-0.15, -0.1) is 11.3 Å². The Labute approximate surface area is 98.6 Å². The monoisotopic (exact) mass is 231 g/mol. The third kappa shape index (κ3) is 2.36. The van der Waals surface area contributed by atoms with E-state index in [-0.39, 0.29) is 5.78 Å². The van der Waals surface area contributed by atoms with Crippen LogP contribution in [0.5, 0.6) is 0 Å². The van der Waals surface area contributed by atoms with E-state index >= 15 is 0 Å². The zero-order chi connectivity index (χ0) is 11.4. The minimum Gasteiger partial charge on any atom is -0.287 e. The second kappa shape index (κ2) is 5.03. The maximum atomic E-state index is 11.8. The Kier molecular flexibility index (Phi) is 3.47. The minimum atomic E-state index is 0.00894. The summed E-state index contributed by atoms with van der Waals surface area (Å²) in [5, 5.41) is 0.577. The molecule has 1 aromatic carbocycles. The van der Waals surface area contributed by atoms with Crippen LogP contribution in [0.4, 0.5) is 0 Å². The SMILES string of the molecule is CCCC=CC(=O)c1nc2ccccc2s1. The van der Waals surface area contributed by atoms with E-state index in [0.29, 0.717) is 5.01 Å². The van der Waals surface area contributed by atoms with Crippen molar-refractivity contribution in [2.75, 3.05) is 0 Å². The van der Waals surface area contributed by atoms with Crippen LogP contribution >= 0.6 is 11.3 Å². The van der Waals surface area contributed by atoms with Crippen molar-refractivity contribution in [2.45, 2.75) is 19.8 Å². The van der Waals surface area contributed by atoms with Gasteiger partial charge in [0.2, 0.25) is 5.78 Å². The molecule has 0 aliphatic carbocycles. The first-order chi connectivity index (χ1) is 7.81. The number of aromatic nitrogens is 1. The van der Waals surface area contributed by atoms with Crippen LogP contribution in [0.25, 0.3) is 10.2 Å². The van der Waals surface area contributed by atoms with Crippen LogP contribution in [-0.4, -0.2) is 10.8 Å². The number of thiazole rings is 1. The maximum Gasteiger partial charge on any atom is 0.214 e. The summed E-state index contributed by atoms with van der Waals surface area (Å²) in [6, 6.07) is 7.81. The largest absolute Gasteiger partial charge is 0.287 e. The predicted molar refractivity (Wildman–Crippen MR) is 68.0 cm³/mol. The van der Waals surface area contributed by atoms with E-state index in [0.717, 1.165) is 23.1 Å². The molecule has 0 unspecified atom stereocenters. The summed E-state index contributed by atoms with van der Waals surface area (Å²) in [6.07, 6.45) is 5.54. The lowest BCUT2D eigenvalue weighted by atomic mass is 10.3. The number of allylic oxidation sites excluding steroid dienone is 2. The number of hydrogen-bond acceptors (Lipinski definition) is 3. The van der Waals surface area contributed by atoms with E-state index in [9.17, 15) is 4.79 Å². The summed E-state index contributed by atoms with van der Waals surface area (Å²) in [7, 11) is 0. The topological polar surface area (TPSA) is 30.0 Å². The predicted octanol–water partition coefficient (Wildman–Crippen LogP) is 3.84. The summed E-state index contributed by atoms with van der Waals surface area (Å²) in [4.78, 5) is 16.1. The second-order valence-electron chi connectivity index (χ2n) is 3.54. The highest BCUT2D eigenvalue weighted by molar-refractivity contribution is 7.20. The molecule has 2 nitrogen and oxygen atoms in total. The van der Waals surface area contributed by atoms with Gasteiger partial charge in [0.25, 0.3) is 0 Å². The van der Waals surface area contributed by atoms with Crippen molar-refractivity contribution in [1.29, 1.82) is 0 Å². The first kappa shape index (κ1) is 11.0. The summed E-state index contributed by atoms with van der Waals surface area (Å²) >= 11 is 1.45. The number of rotatable bonds is 4. The van der Waals surface area contributed by atoms with E-state index in [1.807, 2.05) is 30.3 Å². The number of nitrogens with zero attached hydrogens (tertiary/aromatic N) is 1. The summed E-state index contributed by atoms with van der Waals surface area (Å²) in [5.74, 6) is 0.00894. The zero-order valence-electron chi connectivity index (χ0n) is 9.14. The number of carbonyl (C=O) groups excluding carboxylic acids is 1. The van der Waals surface area contributed by atoms with Gasteiger partial charge in [-0.05, 0) is 24.6 Å². The molecule has 0 fully saturated rings. The van der Waals surface area contributed by atoms with E-state index in [4.69, 9.17) is 0 Å².